The first-order valence-electron chi connectivity index (χ1n) is 4.07. The van der Waals surface area contributed by atoms with Gasteiger partial charge in [-0.05, 0) is 24.3 Å². The lowest BCUT2D eigenvalue weighted by atomic mass is 10.4. The van der Waals surface area contributed by atoms with E-state index in [1.807, 2.05) is 4.68 Å². The molecule has 1 aromatic rings. The molecule has 1 aliphatic rings. The summed E-state index contributed by atoms with van der Waals surface area (Å²) >= 11 is 0. The normalized spacial score (nSPS) is 17.7. The summed E-state index contributed by atoms with van der Waals surface area (Å²) in [5.74, 6) is 0. The van der Waals surface area contributed by atoms with Crippen molar-refractivity contribution in [2.45, 2.75) is 32.0 Å². The minimum atomic E-state index is -0.599. The molecule has 2 rings (SSSR count). The van der Waals surface area contributed by atoms with E-state index in [0.29, 0.717) is 6.04 Å². The maximum atomic E-state index is 4.06. The minimum Gasteiger partial charge on any atom is -0.232 e. The molecule has 1 aromatic heterocycles. The van der Waals surface area contributed by atoms with Crippen LogP contribution in [0.1, 0.15) is 19.9 Å². The summed E-state index contributed by atoms with van der Waals surface area (Å²) in [6.07, 6.45) is 0. The van der Waals surface area contributed by atoms with Crippen molar-refractivity contribution in [2.24, 2.45) is 0 Å². The standard InChI is InChI=1S/C6H12N4Si/c1-5(2)10-6(7-8-9-10)11-3-4-11/h5,11H,3-4H2,1-2H3. The topological polar surface area (TPSA) is 43.6 Å². The zero-order valence-corrected chi connectivity index (χ0v) is 8.01. The zero-order chi connectivity index (χ0) is 7.84. The third-order valence-corrected chi connectivity index (χ3v) is 4.21. The molecule has 0 N–H and O–H groups in total. The van der Waals surface area contributed by atoms with Gasteiger partial charge in [-0.3, -0.25) is 0 Å². The van der Waals surface area contributed by atoms with Gasteiger partial charge in [0.1, 0.15) is 14.2 Å². The van der Waals surface area contributed by atoms with Gasteiger partial charge >= 0.3 is 0 Å². The Morgan fingerprint density at radius 1 is 1.45 bits per heavy atom. The Labute approximate surface area is 67.2 Å². The SMILES string of the molecule is CC(C)n1nnnc1[SiH]1CC1. The highest BCUT2D eigenvalue weighted by Gasteiger charge is 2.31. The number of aromatic nitrogens is 4. The lowest BCUT2D eigenvalue weighted by Gasteiger charge is -2.05. The molecule has 0 spiro atoms. The van der Waals surface area contributed by atoms with E-state index < -0.39 is 8.80 Å². The van der Waals surface area contributed by atoms with Gasteiger partial charge in [-0.15, -0.1) is 5.10 Å². The van der Waals surface area contributed by atoms with Gasteiger partial charge in [0.15, 0.2) is 0 Å². The second kappa shape index (κ2) is 2.40. The Bertz CT molecular complexity index is 236. The van der Waals surface area contributed by atoms with Crippen molar-refractivity contribution in [1.29, 1.82) is 0 Å². The van der Waals surface area contributed by atoms with E-state index in [9.17, 15) is 0 Å². The van der Waals surface area contributed by atoms with E-state index in [1.54, 1.807) is 0 Å². The van der Waals surface area contributed by atoms with Gasteiger partial charge in [-0.2, -0.15) is 0 Å². The Hall–Kier alpha value is -0.713. The van der Waals surface area contributed by atoms with Crippen LogP contribution in [0.15, 0.2) is 0 Å². The molecule has 1 saturated heterocycles. The van der Waals surface area contributed by atoms with Crippen molar-refractivity contribution in [1.82, 2.24) is 20.2 Å². The van der Waals surface area contributed by atoms with Crippen LogP contribution < -0.4 is 5.45 Å². The van der Waals surface area contributed by atoms with Crippen LogP contribution in [-0.4, -0.2) is 29.0 Å². The molecule has 11 heavy (non-hydrogen) atoms. The minimum absolute atomic E-state index is 0.424. The number of hydrogen-bond acceptors (Lipinski definition) is 3. The van der Waals surface area contributed by atoms with Crippen molar-refractivity contribution in [3.8, 4) is 0 Å². The predicted octanol–water partition coefficient (Wildman–Crippen LogP) is -0.298. The number of nitrogens with zero attached hydrogens (tertiary/aromatic N) is 4. The summed E-state index contributed by atoms with van der Waals surface area (Å²) in [6, 6.07) is 3.22. The quantitative estimate of drug-likeness (QED) is 0.570. The second-order valence-electron chi connectivity index (χ2n) is 3.35. The molecular weight excluding hydrogens is 156 g/mol. The number of tetrazole rings is 1. The molecule has 0 amide bonds. The van der Waals surface area contributed by atoms with Gasteiger partial charge in [0.2, 0.25) is 0 Å². The second-order valence-corrected chi connectivity index (χ2v) is 6.41. The maximum absolute atomic E-state index is 4.06. The van der Waals surface area contributed by atoms with E-state index >= 15 is 0 Å². The average Bonchev–Trinajstić information content (AvgIpc) is 2.68. The van der Waals surface area contributed by atoms with Crippen LogP contribution in [0.3, 0.4) is 0 Å². The molecule has 0 aliphatic carbocycles. The Morgan fingerprint density at radius 2 is 2.18 bits per heavy atom. The van der Waals surface area contributed by atoms with Crippen LogP contribution in [0.25, 0.3) is 0 Å². The van der Waals surface area contributed by atoms with Crippen molar-refractivity contribution in [2.75, 3.05) is 0 Å². The first-order chi connectivity index (χ1) is 5.29. The first kappa shape index (κ1) is 6.96. The van der Waals surface area contributed by atoms with Gasteiger partial charge in [0.25, 0.3) is 0 Å². The summed E-state index contributed by atoms with van der Waals surface area (Å²) in [5.41, 5.74) is 1.21. The lowest BCUT2D eigenvalue weighted by molar-refractivity contribution is 0.524. The highest BCUT2D eigenvalue weighted by Crippen LogP contribution is 2.20. The van der Waals surface area contributed by atoms with E-state index in [0.717, 1.165) is 0 Å². The maximum Gasteiger partial charge on any atom is 0.125 e. The largest absolute Gasteiger partial charge is 0.232 e. The van der Waals surface area contributed by atoms with Crippen LogP contribution in [0.5, 0.6) is 0 Å². The number of rotatable bonds is 2. The van der Waals surface area contributed by atoms with Gasteiger partial charge < -0.3 is 0 Å². The lowest BCUT2D eigenvalue weighted by Crippen LogP contribution is -2.29. The molecule has 0 radical (unpaired) electrons. The molecule has 0 bridgehead atoms. The highest BCUT2D eigenvalue weighted by molar-refractivity contribution is 6.81. The van der Waals surface area contributed by atoms with E-state index in [-0.39, 0.29) is 0 Å². The van der Waals surface area contributed by atoms with E-state index in [4.69, 9.17) is 0 Å². The van der Waals surface area contributed by atoms with Crippen molar-refractivity contribution < 1.29 is 0 Å². The number of hydrogen-bond donors (Lipinski definition) is 0. The van der Waals surface area contributed by atoms with Crippen LogP contribution in [0.2, 0.25) is 12.1 Å². The summed E-state index contributed by atoms with van der Waals surface area (Å²) in [7, 11) is -0.599. The smallest absolute Gasteiger partial charge is 0.125 e. The Kier molecular flexibility index (Phi) is 1.52. The molecule has 0 saturated carbocycles. The predicted molar refractivity (Wildman–Crippen MR) is 44.6 cm³/mol. The molecule has 4 nitrogen and oxygen atoms in total. The third-order valence-electron chi connectivity index (χ3n) is 1.95. The monoisotopic (exact) mass is 168 g/mol. The highest BCUT2D eigenvalue weighted by atomic mass is 28.3. The van der Waals surface area contributed by atoms with Crippen LogP contribution >= 0.6 is 0 Å². The van der Waals surface area contributed by atoms with Crippen LogP contribution in [0.4, 0.5) is 0 Å². The van der Waals surface area contributed by atoms with Gasteiger partial charge in [0.05, 0.1) is 0 Å². The summed E-state index contributed by atoms with van der Waals surface area (Å²) in [4.78, 5) is 0. The van der Waals surface area contributed by atoms with Gasteiger partial charge in [0, 0.05) is 6.04 Å². The summed E-state index contributed by atoms with van der Waals surface area (Å²) < 4.78 is 1.98. The molecule has 0 aromatic carbocycles. The average molecular weight is 168 g/mol. The van der Waals surface area contributed by atoms with Crippen molar-refractivity contribution in [3.63, 3.8) is 0 Å². The van der Waals surface area contributed by atoms with E-state index in [2.05, 4.69) is 29.4 Å². The van der Waals surface area contributed by atoms with Gasteiger partial charge in [-0.25, -0.2) is 4.68 Å². The fraction of sp³-hybridized carbons (Fsp3) is 0.833. The molecular formula is C6H12N4Si. The van der Waals surface area contributed by atoms with Crippen LogP contribution in [-0.2, 0) is 0 Å². The van der Waals surface area contributed by atoms with Crippen LogP contribution in [0, 0.1) is 0 Å². The molecule has 0 atom stereocenters. The zero-order valence-electron chi connectivity index (χ0n) is 6.86. The summed E-state index contributed by atoms with van der Waals surface area (Å²) in [6.45, 7) is 4.24. The molecule has 1 aliphatic heterocycles. The van der Waals surface area contributed by atoms with Crippen molar-refractivity contribution in [3.05, 3.63) is 0 Å². The van der Waals surface area contributed by atoms with Crippen molar-refractivity contribution >= 4 is 14.2 Å². The molecule has 1 fully saturated rings. The molecule has 5 heteroatoms. The third kappa shape index (κ3) is 1.20. The van der Waals surface area contributed by atoms with E-state index in [1.165, 1.54) is 17.5 Å². The Morgan fingerprint density at radius 3 is 2.73 bits per heavy atom. The molecule has 2 heterocycles. The fourth-order valence-corrected chi connectivity index (χ4v) is 3.30. The van der Waals surface area contributed by atoms with Gasteiger partial charge in [-0.1, -0.05) is 12.1 Å². The summed E-state index contributed by atoms with van der Waals surface area (Å²) in [5, 5.41) is 11.7. The molecule has 0 unspecified atom stereocenters. The first-order valence-corrected chi connectivity index (χ1v) is 6.28. The Balaban J connectivity index is 2.30. The molecule has 60 valence electrons. The fourth-order valence-electron chi connectivity index (χ4n) is 1.18.